The fourth-order valence-electron chi connectivity index (χ4n) is 3.17. The van der Waals surface area contributed by atoms with E-state index >= 15 is 0 Å². The quantitative estimate of drug-likeness (QED) is 0.807. The predicted molar refractivity (Wildman–Crippen MR) is 90.7 cm³/mol. The third-order valence-corrected chi connectivity index (χ3v) is 5.16. The third-order valence-electron chi connectivity index (χ3n) is 4.31. The molecule has 1 amide bonds. The van der Waals surface area contributed by atoms with E-state index in [0.717, 1.165) is 29.7 Å². The van der Waals surface area contributed by atoms with Crippen molar-refractivity contribution in [2.45, 2.75) is 33.2 Å². The van der Waals surface area contributed by atoms with Gasteiger partial charge in [-0.15, -0.1) is 11.3 Å². The first-order chi connectivity index (χ1) is 11.1. The minimum absolute atomic E-state index is 0.0748. The van der Waals surface area contributed by atoms with Crippen LogP contribution in [0.1, 0.15) is 37.2 Å². The second-order valence-electron chi connectivity index (χ2n) is 6.09. The number of thiophene rings is 1. The molecule has 1 aliphatic rings. The molecule has 3 heterocycles. The summed E-state index contributed by atoms with van der Waals surface area (Å²) in [5.74, 6) is 0.254. The number of hydrogen-bond acceptors (Lipinski definition) is 4. The molecule has 0 saturated carbocycles. The summed E-state index contributed by atoms with van der Waals surface area (Å²) in [4.78, 5) is 26.8. The van der Waals surface area contributed by atoms with Gasteiger partial charge >= 0.3 is 5.97 Å². The Morgan fingerprint density at radius 3 is 3.00 bits per heavy atom. The lowest BCUT2D eigenvalue weighted by atomic mass is 10.0. The van der Waals surface area contributed by atoms with Gasteiger partial charge < -0.3 is 14.2 Å². The number of carbonyl (C=O) groups is 2. The van der Waals surface area contributed by atoms with Crippen LogP contribution in [0.25, 0.3) is 10.2 Å². The fraction of sp³-hybridized carbons (Fsp3) is 0.529. The molecule has 0 bridgehead atoms. The minimum Gasteiger partial charge on any atom is -0.461 e. The molecule has 3 rings (SSSR count). The number of aromatic nitrogens is 1. The molecule has 0 aliphatic carbocycles. The van der Waals surface area contributed by atoms with E-state index in [2.05, 4.69) is 6.92 Å². The van der Waals surface area contributed by atoms with Crippen molar-refractivity contribution in [1.29, 1.82) is 0 Å². The van der Waals surface area contributed by atoms with Crippen molar-refractivity contribution in [2.24, 2.45) is 5.92 Å². The Morgan fingerprint density at radius 1 is 1.43 bits per heavy atom. The van der Waals surface area contributed by atoms with Crippen molar-refractivity contribution in [1.82, 2.24) is 9.47 Å². The molecule has 1 aliphatic heterocycles. The average Bonchev–Trinajstić information content (AvgIpc) is 3.10. The van der Waals surface area contributed by atoms with E-state index < -0.39 is 0 Å². The highest BCUT2D eigenvalue weighted by Gasteiger charge is 2.24. The molecule has 23 heavy (non-hydrogen) atoms. The van der Waals surface area contributed by atoms with Crippen LogP contribution < -0.4 is 0 Å². The van der Waals surface area contributed by atoms with Crippen molar-refractivity contribution < 1.29 is 14.3 Å². The van der Waals surface area contributed by atoms with Crippen LogP contribution in [-0.4, -0.2) is 41.0 Å². The van der Waals surface area contributed by atoms with Crippen molar-refractivity contribution >= 4 is 33.4 Å². The molecule has 5 nitrogen and oxygen atoms in total. The number of esters is 1. The van der Waals surface area contributed by atoms with Crippen LogP contribution in [-0.2, 0) is 16.1 Å². The predicted octanol–water partition coefficient (Wildman–Crippen LogP) is 3.14. The zero-order valence-corrected chi connectivity index (χ0v) is 14.4. The molecule has 1 unspecified atom stereocenters. The molecular formula is C17H22N2O3S. The van der Waals surface area contributed by atoms with E-state index in [1.54, 1.807) is 22.8 Å². The molecule has 1 saturated heterocycles. The molecule has 124 valence electrons. The van der Waals surface area contributed by atoms with Gasteiger partial charge in [-0.2, -0.15) is 0 Å². The Balaban J connectivity index is 1.85. The molecule has 2 aromatic heterocycles. The number of piperidine rings is 1. The first-order valence-corrected chi connectivity index (χ1v) is 8.99. The number of carbonyl (C=O) groups excluding carboxylic acids is 2. The van der Waals surface area contributed by atoms with Gasteiger partial charge in [-0.1, -0.05) is 6.92 Å². The van der Waals surface area contributed by atoms with E-state index in [4.69, 9.17) is 4.74 Å². The molecule has 0 N–H and O–H groups in total. The van der Waals surface area contributed by atoms with Crippen LogP contribution in [0.3, 0.4) is 0 Å². The van der Waals surface area contributed by atoms with E-state index in [0.29, 0.717) is 18.2 Å². The van der Waals surface area contributed by atoms with Crippen LogP contribution in [0.15, 0.2) is 17.5 Å². The molecule has 0 spiro atoms. The maximum absolute atomic E-state index is 12.7. The lowest BCUT2D eigenvalue weighted by molar-refractivity contribution is -0.133. The van der Waals surface area contributed by atoms with Crippen molar-refractivity contribution in [2.75, 3.05) is 19.7 Å². The van der Waals surface area contributed by atoms with Gasteiger partial charge in [-0.3, -0.25) is 4.79 Å². The summed E-state index contributed by atoms with van der Waals surface area (Å²) in [6, 6.07) is 3.78. The normalized spacial score (nSPS) is 18.3. The number of likely N-dealkylation sites (tertiary alicyclic amines) is 1. The molecule has 0 aromatic carbocycles. The number of ether oxygens (including phenoxy) is 1. The minimum atomic E-state index is -0.365. The van der Waals surface area contributed by atoms with Crippen molar-refractivity contribution in [3.63, 3.8) is 0 Å². The molecular weight excluding hydrogens is 312 g/mol. The van der Waals surface area contributed by atoms with Crippen molar-refractivity contribution in [3.05, 3.63) is 23.2 Å². The number of amides is 1. The monoisotopic (exact) mass is 334 g/mol. The Labute approximate surface area is 139 Å². The van der Waals surface area contributed by atoms with Crippen LogP contribution >= 0.6 is 11.3 Å². The zero-order valence-electron chi connectivity index (χ0n) is 13.6. The fourth-order valence-corrected chi connectivity index (χ4v) is 3.99. The molecule has 2 aromatic rings. The highest BCUT2D eigenvalue weighted by Crippen LogP contribution is 2.26. The van der Waals surface area contributed by atoms with Crippen LogP contribution in [0.2, 0.25) is 0 Å². The van der Waals surface area contributed by atoms with E-state index in [1.165, 1.54) is 6.42 Å². The molecule has 6 heteroatoms. The van der Waals surface area contributed by atoms with Gasteiger partial charge in [0.15, 0.2) is 0 Å². The number of rotatable bonds is 4. The average molecular weight is 334 g/mol. The second-order valence-corrected chi connectivity index (χ2v) is 7.04. The number of hydrogen-bond donors (Lipinski definition) is 0. The van der Waals surface area contributed by atoms with E-state index in [9.17, 15) is 9.59 Å². The largest absolute Gasteiger partial charge is 0.461 e. The summed E-state index contributed by atoms with van der Waals surface area (Å²) in [5.41, 5.74) is 1.39. The van der Waals surface area contributed by atoms with Gasteiger partial charge in [0.05, 0.1) is 16.8 Å². The standard InChI is InChI=1S/C17H22N2O3S/c1-3-22-17(21)14-9-15-13(6-8-23-15)19(14)11-16(20)18-7-4-5-12(2)10-18/h6,8-9,12H,3-5,7,10-11H2,1-2H3. The van der Waals surface area contributed by atoms with E-state index in [-0.39, 0.29) is 18.4 Å². The second kappa shape index (κ2) is 6.74. The summed E-state index contributed by atoms with van der Waals surface area (Å²) in [6.07, 6.45) is 2.23. The van der Waals surface area contributed by atoms with Gasteiger partial charge in [-0.05, 0) is 43.2 Å². The topological polar surface area (TPSA) is 51.5 Å². The SMILES string of the molecule is CCOC(=O)c1cc2sccc2n1CC(=O)N1CCCC(C)C1. The number of nitrogens with zero attached hydrogens (tertiary/aromatic N) is 2. The van der Waals surface area contributed by atoms with Crippen LogP contribution in [0.4, 0.5) is 0 Å². The smallest absolute Gasteiger partial charge is 0.355 e. The van der Waals surface area contributed by atoms with Gasteiger partial charge in [0.2, 0.25) is 5.91 Å². The Hall–Kier alpha value is -1.82. The van der Waals surface area contributed by atoms with Crippen molar-refractivity contribution in [3.8, 4) is 0 Å². The van der Waals surface area contributed by atoms with Crippen LogP contribution in [0.5, 0.6) is 0 Å². The summed E-state index contributed by atoms with van der Waals surface area (Å²) < 4.78 is 7.94. The Morgan fingerprint density at radius 2 is 2.26 bits per heavy atom. The maximum Gasteiger partial charge on any atom is 0.355 e. The zero-order chi connectivity index (χ0) is 16.4. The first-order valence-electron chi connectivity index (χ1n) is 8.11. The molecule has 1 atom stereocenters. The Kier molecular flexibility index (Phi) is 4.71. The summed E-state index contributed by atoms with van der Waals surface area (Å²) >= 11 is 1.57. The highest BCUT2D eigenvalue weighted by molar-refractivity contribution is 7.17. The summed E-state index contributed by atoms with van der Waals surface area (Å²) in [6.45, 7) is 6.11. The van der Waals surface area contributed by atoms with Gasteiger partial charge in [0, 0.05) is 13.1 Å². The summed E-state index contributed by atoms with van der Waals surface area (Å²) in [7, 11) is 0. The van der Waals surface area contributed by atoms with E-state index in [1.807, 2.05) is 22.4 Å². The first kappa shape index (κ1) is 16.1. The third kappa shape index (κ3) is 3.27. The molecule has 1 fully saturated rings. The Bertz CT molecular complexity index is 719. The highest BCUT2D eigenvalue weighted by atomic mass is 32.1. The lowest BCUT2D eigenvalue weighted by Crippen LogP contribution is -2.41. The van der Waals surface area contributed by atoms with Crippen LogP contribution in [0, 0.1) is 5.92 Å². The van der Waals surface area contributed by atoms with Gasteiger partial charge in [0.1, 0.15) is 12.2 Å². The molecule has 0 radical (unpaired) electrons. The lowest BCUT2D eigenvalue weighted by Gasteiger charge is -2.31. The van der Waals surface area contributed by atoms with Gasteiger partial charge in [0.25, 0.3) is 0 Å². The maximum atomic E-state index is 12.7. The van der Waals surface area contributed by atoms with Gasteiger partial charge in [-0.25, -0.2) is 4.79 Å². The number of fused-ring (bicyclic) bond motifs is 1. The summed E-state index contributed by atoms with van der Waals surface area (Å²) in [5, 5.41) is 1.98.